The van der Waals surface area contributed by atoms with Gasteiger partial charge in [0.15, 0.2) is 0 Å². The van der Waals surface area contributed by atoms with E-state index in [9.17, 15) is 0 Å². The van der Waals surface area contributed by atoms with Gasteiger partial charge in [-0.25, -0.2) is 0 Å². The zero-order chi connectivity index (χ0) is 37.8. The molecule has 12 rings (SSSR count). The van der Waals surface area contributed by atoms with Crippen LogP contribution in [0.15, 0.2) is 85.2 Å². The maximum absolute atomic E-state index is 7.32. The predicted octanol–water partition coefficient (Wildman–Crippen LogP) is 11.3. The Bertz CT molecular complexity index is 2380. The number of aromatic nitrogens is 4. The molecule has 6 aliphatic rings. The van der Waals surface area contributed by atoms with Crippen molar-refractivity contribution in [3.05, 3.63) is 96.3 Å². The van der Waals surface area contributed by atoms with Gasteiger partial charge in [0.05, 0.1) is 36.0 Å². The van der Waals surface area contributed by atoms with Crippen LogP contribution < -0.4 is 18.9 Å². The highest BCUT2D eigenvalue weighted by atomic mass is 16.5. The van der Waals surface area contributed by atoms with E-state index in [0.717, 1.165) is 85.8 Å². The smallest absolute Gasteiger partial charge is 0.242 e. The molecule has 6 fully saturated rings. The molecule has 288 valence electrons. The topological polar surface area (TPSA) is 88.5 Å². The van der Waals surface area contributed by atoms with Gasteiger partial charge >= 0.3 is 0 Å². The van der Waals surface area contributed by atoms with Crippen molar-refractivity contribution in [2.75, 3.05) is 14.2 Å². The van der Waals surface area contributed by atoms with Crippen molar-refractivity contribution in [1.82, 2.24) is 20.2 Å². The largest absolute Gasteiger partial charge is 0.497 e. The molecule has 8 heteroatoms. The molecule has 8 nitrogen and oxygen atoms in total. The van der Waals surface area contributed by atoms with E-state index in [1.54, 1.807) is 14.2 Å². The summed E-state index contributed by atoms with van der Waals surface area (Å²) in [5.74, 6) is 6.89. The Morgan fingerprint density at radius 1 is 0.571 bits per heavy atom. The summed E-state index contributed by atoms with van der Waals surface area (Å²) in [5, 5.41) is 13.8. The molecule has 0 spiro atoms. The van der Waals surface area contributed by atoms with Gasteiger partial charge < -0.3 is 18.9 Å². The highest BCUT2D eigenvalue weighted by molar-refractivity contribution is 5.91. The fourth-order valence-corrected chi connectivity index (χ4v) is 11.6. The minimum atomic E-state index is -0.216. The maximum atomic E-state index is 7.32. The fraction of sp³-hybridized carbons (Fsp3) is 0.458. The Morgan fingerprint density at radius 3 is 1.59 bits per heavy atom. The predicted molar refractivity (Wildman–Crippen MR) is 219 cm³/mol. The Kier molecular flexibility index (Phi) is 9.39. The number of pyridine rings is 2. The van der Waals surface area contributed by atoms with E-state index in [1.807, 2.05) is 36.7 Å². The van der Waals surface area contributed by atoms with E-state index in [-0.39, 0.29) is 12.2 Å². The number of rotatable bonds is 11. The van der Waals surface area contributed by atoms with E-state index in [1.165, 1.54) is 51.4 Å². The summed E-state index contributed by atoms with van der Waals surface area (Å²) >= 11 is 0. The normalized spacial score (nSPS) is 26.7. The van der Waals surface area contributed by atoms with Gasteiger partial charge in [0.2, 0.25) is 11.8 Å². The van der Waals surface area contributed by atoms with Gasteiger partial charge in [0.25, 0.3) is 0 Å². The molecule has 6 aliphatic carbocycles. The van der Waals surface area contributed by atoms with Gasteiger partial charge in [-0.15, -0.1) is 10.2 Å². The summed E-state index contributed by atoms with van der Waals surface area (Å²) < 4.78 is 26.0. The number of fused-ring (bicyclic) bond motifs is 9. The number of benzene rings is 3. The maximum Gasteiger partial charge on any atom is 0.242 e. The van der Waals surface area contributed by atoms with Crippen molar-refractivity contribution >= 4 is 32.6 Å². The van der Waals surface area contributed by atoms with E-state index in [4.69, 9.17) is 39.1 Å². The zero-order valence-electron chi connectivity index (χ0n) is 32.8. The molecule has 0 amide bonds. The van der Waals surface area contributed by atoms with Crippen LogP contribution in [0.1, 0.15) is 94.5 Å². The first-order valence-corrected chi connectivity index (χ1v) is 21.0. The van der Waals surface area contributed by atoms with Crippen molar-refractivity contribution in [3.63, 3.8) is 0 Å². The molecule has 0 saturated heterocycles. The van der Waals surface area contributed by atoms with Crippen molar-refractivity contribution in [1.29, 1.82) is 0 Å². The fourth-order valence-electron chi connectivity index (χ4n) is 11.6. The third-order valence-corrected chi connectivity index (χ3v) is 14.4. The van der Waals surface area contributed by atoms with Crippen LogP contribution in [-0.4, -0.2) is 34.4 Å². The molecule has 0 radical (unpaired) electrons. The van der Waals surface area contributed by atoms with Crippen molar-refractivity contribution in [3.8, 4) is 23.3 Å². The standard InChI is InChI=1S/C48H52N4O4/c1-4-29-24-32-14-13-31(29)25-40(32)46(36-20-22-50-44-18-16-34(54-3)27-42(36)44)56-48-38-8-6-5-7-37(38)47(51-52-48)55-45(39-23-28-9-11-30(39)12-10-28)35-19-21-49-43-17-15-33(53-2)26-41(35)43/h5-8,15-22,26-32,39-40,45-46H,4,9-14,23-25H2,1-3H3/t28?,29?,30?,31-,32+,39-,40?,45+,46+/m0/s1. The second-order valence-electron chi connectivity index (χ2n) is 17.1. The SMILES string of the molecule is CCC1C[C@H]2CC[C@H]1CC2[C@H](Oc1nnc(O[C@H](c2ccnc3ccc(OC)cc23)[C@H]2CC3CCC2CC3)c2ccccc12)c1ccnc2ccc(OC)cc12. The lowest BCUT2D eigenvalue weighted by Gasteiger charge is -2.49. The summed E-state index contributed by atoms with van der Waals surface area (Å²) in [6.45, 7) is 2.36. The highest BCUT2D eigenvalue weighted by Crippen LogP contribution is 2.55. The number of nitrogens with zero attached hydrogens (tertiary/aromatic N) is 4. The van der Waals surface area contributed by atoms with E-state index < -0.39 is 0 Å². The second-order valence-corrected chi connectivity index (χ2v) is 17.1. The van der Waals surface area contributed by atoms with Gasteiger partial charge in [-0.3, -0.25) is 9.97 Å². The second kappa shape index (κ2) is 14.8. The number of methoxy groups -OCH3 is 2. The molecular weight excluding hydrogens is 697 g/mol. The highest BCUT2D eigenvalue weighted by Gasteiger charge is 2.46. The van der Waals surface area contributed by atoms with Crippen LogP contribution in [-0.2, 0) is 0 Å². The average Bonchev–Trinajstić information content (AvgIpc) is 3.27. The Labute approximate surface area is 329 Å². The van der Waals surface area contributed by atoms with Gasteiger partial charge in [-0.1, -0.05) is 38.3 Å². The lowest BCUT2D eigenvalue weighted by molar-refractivity contribution is -0.0248. The molecular formula is C48H52N4O4. The van der Waals surface area contributed by atoms with Crippen LogP contribution in [0.5, 0.6) is 23.3 Å². The first kappa shape index (κ1) is 35.4. The Balaban J connectivity index is 1.06. The van der Waals surface area contributed by atoms with E-state index >= 15 is 0 Å². The molecule has 2 unspecified atom stereocenters. The summed E-state index contributed by atoms with van der Waals surface area (Å²) in [7, 11) is 3.44. The van der Waals surface area contributed by atoms with Gasteiger partial charge in [0.1, 0.15) is 23.7 Å². The molecule has 3 aromatic carbocycles. The van der Waals surface area contributed by atoms with Crippen LogP contribution in [0.25, 0.3) is 32.6 Å². The summed E-state index contributed by atoms with van der Waals surface area (Å²) in [4.78, 5) is 9.49. The quantitative estimate of drug-likeness (QED) is 0.129. The lowest BCUT2D eigenvalue weighted by atomic mass is 9.57. The summed E-state index contributed by atoms with van der Waals surface area (Å²) in [6, 6.07) is 24.9. The molecule has 4 bridgehead atoms. The first-order chi connectivity index (χ1) is 27.6. The Hall–Kier alpha value is -4.98. The van der Waals surface area contributed by atoms with Crippen LogP contribution in [0.2, 0.25) is 0 Å². The van der Waals surface area contributed by atoms with Crippen LogP contribution >= 0.6 is 0 Å². The summed E-state index contributed by atoms with van der Waals surface area (Å²) in [6.07, 6.45) is 15.9. The molecule has 0 N–H and O–H groups in total. The molecule has 56 heavy (non-hydrogen) atoms. The minimum absolute atomic E-state index is 0.208. The molecule has 7 atom stereocenters. The van der Waals surface area contributed by atoms with Crippen LogP contribution in [0.3, 0.4) is 0 Å². The third-order valence-electron chi connectivity index (χ3n) is 14.4. The zero-order valence-corrected chi connectivity index (χ0v) is 32.8. The summed E-state index contributed by atoms with van der Waals surface area (Å²) in [5.41, 5.74) is 4.15. The monoisotopic (exact) mass is 748 g/mol. The number of hydrogen-bond donors (Lipinski definition) is 0. The molecule has 3 heterocycles. The van der Waals surface area contributed by atoms with Crippen molar-refractivity contribution < 1.29 is 18.9 Å². The molecule has 3 aromatic heterocycles. The number of hydrogen-bond acceptors (Lipinski definition) is 8. The van der Waals surface area contributed by atoms with Gasteiger partial charge in [-0.05, 0) is 135 Å². The third kappa shape index (κ3) is 6.29. The molecule has 6 aromatic rings. The van der Waals surface area contributed by atoms with E-state index in [2.05, 4.69) is 55.5 Å². The molecule has 0 aliphatic heterocycles. The van der Waals surface area contributed by atoms with E-state index in [0.29, 0.717) is 35.4 Å². The van der Waals surface area contributed by atoms with Crippen LogP contribution in [0, 0.1) is 41.4 Å². The van der Waals surface area contributed by atoms with Crippen molar-refractivity contribution in [2.24, 2.45) is 41.4 Å². The average molecular weight is 749 g/mol. The Morgan fingerprint density at radius 2 is 1.11 bits per heavy atom. The lowest BCUT2D eigenvalue weighted by Crippen LogP contribution is -2.41. The van der Waals surface area contributed by atoms with Crippen molar-refractivity contribution in [2.45, 2.75) is 83.3 Å². The van der Waals surface area contributed by atoms with Gasteiger partial charge in [-0.2, -0.15) is 0 Å². The number of ether oxygens (including phenoxy) is 4. The van der Waals surface area contributed by atoms with Gasteiger partial charge in [0, 0.05) is 46.1 Å². The van der Waals surface area contributed by atoms with Crippen LogP contribution in [0.4, 0.5) is 0 Å². The first-order valence-electron chi connectivity index (χ1n) is 21.0. The minimum Gasteiger partial charge on any atom is -0.497 e. The molecule has 6 saturated carbocycles.